The molecule has 1 aromatic carbocycles. The summed E-state index contributed by atoms with van der Waals surface area (Å²) in [4.78, 5) is 23.0. The molecule has 3 N–H and O–H groups in total. The average molecular weight is 292 g/mol. The molecule has 0 spiro atoms. The molecule has 1 heterocycles. The summed E-state index contributed by atoms with van der Waals surface area (Å²) in [6, 6.07) is 4.86. The Balaban J connectivity index is 2.18. The number of fused-ring (bicyclic) bond motifs is 1. The fraction of sp³-hybridized carbons (Fsp3) is 0.467. The number of carbonyl (C=O) groups excluding carboxylic acids is 1. The summed E-state index contributed by atoms with van der Waals surface area (Å²) in [5, 5.41) is 14.8. The van der Waals surface area contributed by atoms with Crippen LogP contribution in [0.1, 0.15) is 31.9 Å². The van der Waals surface area contributed by atoms with Crippen LogP contribution in [0.15, 0.2) is 18.2 Å². The van der Waals surface area contributed by atoms with Crippen LogP contribution in [0.2, 0.25) is 0 Å². The zero-order valence-electron chi connectivity index (χ0n) is 12.4. The first kappa shape index (κ1) is 15.3. The summed E-state index contributed by atoms with van der Waals surface area (Å²) in [6.07, 6.45) is -0.210. The van der Waals surface area contributed by atoms with Gasteiger partial charge in [-0.25, -0.2) is 4.79 Å². The average Bonchev–Trinajstić information content (AvgIpc) is 2.36. The Morgan fingerprint density at radius 2 is 2.10 bits per heavy atom. The molecule has 0 bridgehead atoms. The number of aliphatic carboxylic acids is 1. The van der Waals surface area contributed by atoms with Crippen LogP contribution < -0.4 is 10.6 Å². The van der Waals surface area contributed by atoms with E-state index in [1.165, 1.54) is 0 Å². The third-order valence-corrected chi connectivity index (χ3v) is 3.15. The zero-order valence-corrected chi connectivity index (χ0v) is 12.4. The maximum atomic E-state index is 11.9. The van der Waals surface area contributed by atoms with E-state index in [0.717, 1.165) is 11.1 Å². The van der Waals surface area contributed by atoms with E-state index >= 15 is 0 Å². The van der Waals surface area contributed by atoms with E-state index in [9.17, 15) is 9.59 Å². The molecule has 1 aliphatic heterocycles. The van der Waals surface area contributed by atoms with E-state index in [0.29, 0.717) is 18.7 Å². The number of carboxylic acids is 1. The van der Waals surface area contributed by atoms with Crippen molar-refractivity contribution in [2.45, 2.75) is 45.4 Å². The number of nitrogens with one attached hydrogen (secondary N) is 2. The largest absolute Gasteiger partial charge is 0.480 e. The molecule has 6 nitrogen and oxygen atoms in total. The Bertz CT molecular complexity index is 563. The van der Waals surface area contributed by atoms with Gasteiger partial charge in [-0.3, -0.25) is 10.1 Å². The van der Waals surface area contributed by atoms with Crippen LogP contribution >= 0.6 is 0 Å². The van der Waals surface area contributed by atoms with Crippen LogP contribution in [0.3, 0.4) is 0 Å². The first-order valence-corrected chi connectivity index (χ1v) is 6.83. The molecule has 0 aromatic heterocycles. The highest BCUT2D eigenvalue weighted by atomic mass is 16.6. The number of ether oxygens (including phenoxy) is 1. The van der Waals surface area contributed by atoms with Gasteiger partial charge in [0.1, 0.15) is 11.6 Å². The lowest BCUT2D eigenvalue weighted by Crippen LogP contribution is -2.42. The van der Waals surface area contributed by atoms with Gasteiger partial charge in [-0.05, 0) is 38.0 Å². The second-order valence-electron chi connectivity index (χ2n) is 6.05. The maximum Gasteiger partial charge on any atom is 0.412 e. The first-order valence-electron chi connectivity index (χ1n) is 6.83. The Morgan fingerprint density at radius 1 is 1.38 bits per heavy atom. The van der Waals surface area contributed by atoms with Crippen molar-refractivity contribution in [1.29, 1.82) is 0 Å². The van der Waals surface area contributed by atoms with Crippen LogP contribution in [0, 0.1) is 0 Å². The van der Waals surface area contributed by atoms with Crippen LogP contribution in [0.5, 0.6) is 0 Å². The summed E-state index contributed by atoms with van der Waals surface area (Å²) in [6.45, 7) is 5.84. The fourth-order valence-corrected chi connectivity index (χ4v) is 2.26. The predicted molar refractivity (Wildman–Crippen MR) is 78.3 cm³/mol. The minimum Gasteiger partial charge on any atom is -0.480 e. The lowest BCUT2D eigenvalue weighted by Gasteiger charge is -2.26. The van der Waals surface area contributed by atoms with Crippen molar-refractivity contribution in [2.75, 3.05) is 5.32 Å². The highest BCUT2D eigenvalue weighted by Crippen LogP contribution is 2.25. The number of hydrogen-bond donors (Lipinski definition) is 3. The molecule has 0 fully saturated rings. The number of benzene rings is 1. The third kappa shape index (κ3) is 3.95. The van der Waals surface area contributed by atoms with Crippen LogP contribution in [0.25, 0.3) is 0 Å². The first-order chi connectivity index (χ1) is 9.76. The number of amides is 1. The summed E-state index contributed by atoms with van der Waals surface area (Å²) >= 11 is 0. The van der Waals surface area contributed by atoms with Crippen molar-refractivity contribution in [2.24, 2.45) is 0 Å². The van der Waals surface area contributed by atoms with Crippen molar-refractivity contribution in [3.63, 3.8) is 0 Å². The molecule has 0 unspecified atom stereocenters. The van der Waals surface area contributed by atoms with Gasteiger partial charge in [-0.15, -0.1) is 0 Å². The van der Waals surface area contributed by atoms with Crippen molar-refractivity contribution < 1.29 is 19.4 Å². The van der Waals surface area contributed by atoms with E-state index in [1.54, 1.807) is 26.8 Å². The lowest BCUT2D eigenvalue weighted by atomic mass is 9.94. The molecule has 1 aromatic rings. The second-order valence-corrected chi connectivity index (χ2v) is 6.05. The molecule has 114 valence electrons. The predicted octanol–water partition coefficient (Wildman–Crippen LogP) is 2.13. The Hall–Kier alpha value is -2.08. The molecule has 1 amide bonds. The highest BCUT2D eigenvalue weighted by Gasteiger charge is 2.26. The molecule has 0 radical (unpaired) electrons. The molecule has 6 heteroatoms. The fourth-order valence-electron chi connectivity index (χ4n) is 2.26. The van der Waals surface area contributed by atoms with Crippen molar-refractivity contribution in [1.82, 2.24) is 5.32 Å². The summed E-state index contributed by atoms with van der Waals surface area (Å²) in [5.41, 5.74) is 1.86. The maximum absolute atomic E-state index is 11.9. The normalized spacial score (nSPS) is 17.8. The monoisotopic (exact) mass is 292 g/mol. The van der Waals surface area contributed by atoms with Gasteiger partial charge >= 0.3 is 12.1 Å². The third-order valence-electron chi connectivity index (χ3n) is 3.15. The lowest BCUT2D eigenvalue weighted by molar-refractivity contribution is -0.139. The smallest absolute Gasteiger partial charge is 0.412 e. The molecule has 2 rings (SSSR count). The van der Waals surface area contributed by atoms with Gasteiger partial charge < -0.3 is 15.2 Å². The van der Waals surface area contributed by atoms with Crippen molar-refractivity contribution >= 4 is 17.7 Å². The Labute approximate surface area is 123 Å². The van der Waals surface area contributed by atoms with Gasteiger partial charge in [-0.1, -0.05) is 12.1 Å². The number of rotatable bonds is 2. The number of hydrogen-bond acceptors (Lipinski definition) is 4. The SMILES string of the molecule is CC(C)(C)OC(=O)Nc1cccc2c1C[C@H](C(=O)O)NC2. The Morgan fingerprint density at radius 3 is 2.71 bits per heavy atom. The topological polar surface area (TPSA) is 87.7 Å². The van der Waals surface area contributed by atoms with Crippen LogP contribution in [-0.2, 0) is 22.5 Å². The molecule has 1 atom stereocenters. The summed E-state index contributed by atoms with van der Waals surface area (Å²) < 4.78 is 5.22. The second kappa shape index (κ2) is 5.73. The standard InChI is InChI=1S/C15H20N2O4/c1-15(2,3)21-14(20)17-11-6-4-5-9-8-16-12(13(18)19)7-10(9)11/h4-6,12,16H,7-8H2,1-3H3,(H,17,20)(H,18,19)/t12-/m1/s1. The van der Waals surface area contributed by atoms with Gasteiger partial charge in [0.2, 0.25) is 0 Å². The van der Waals surface area contributed by atoms with E-state index in [1.807, 2.05) is 12.1 Å². The van der Waals surface area contributed by atoms with Crippen LogP contribution in [0.4, 0.5) is 10.5 Å². The minimum atomic E-state index is -0.896. The van der Waals surface area contributed by atoms with E-state index in [2.05, 4.69) is 10.6 Å². The zero-order chi connectivity index (χ0) is 15.6. The minimum absolute atomic E-state index is 0.330. The quantitative estimate of drug-likeness (QED) is 0.777. The number of anilines is 1. The van der Waals surface area contributed by atoms with Gasteiger partial charge in [0.15, 0.2) is 0 Å². The molecule has 21 heavy (non-hydrogen) atoms. The molecular weight excluding hydrogens is 272 g/mol. The van der Waals surface area contributed by atoms with Gasteiger partial charge in [0.25, 0.3) is 0 Å². The summed E-state index contributed by atoms with van der Waals surface area (Å²) in [5.74, 6) is -0.896. The molecule has 0 saturated heterocycles. The Kier molecular flexibility index (Phi) is 4.18. The van der Waals surface area contributed by atoms with E-state index in [4.69, 9.17) is 9.84 Å². The summed E-state index contributed by atoms with van der Waals surface area (Å²) in [7, 11) is 0. The van der Waals surface area contributed by atoms with E-state index in [-0.39, 0.29) is 0 Å². The van der Waals surface area contributed by atoms with E-state index < -0.39 is 23.7 Å². The molecule has 1 aliphatic rings. The molecule has 0 saturated carbocycles. The van der Waals surface area contributed by atoms with Crippen LogP contribution in [-0.4, -0.2) is 28.8 Å². The van der Waals surface area contributed by atoms with Gasteiger partial charge in [-0.2, -0.15) is 0 Å². The number of carbonyl (C=O) groups is 2. The van der Waals surface area contributed by atoms with Crippen molar-refractivity contribution in [3.8, 4) is 0 Å². The molecule has 0 aliphatic carbocycles. The number of carboxylic acid groups (broad SMARTS) is 1. The molecular formula is C15H20N2O4. The highest BCUT2D eigenvalue weighted by molar-refractivity contribution is 5.87. The van der Waals surface area contributed by atoms with Crippen molar-refractivity contribution in [3.05, 3.63) is 29.3 Å². The van der Waals surface area contributed by atoms with Gasteiger partial charge in [0.05, 0.1) is 0 Å². The van der Waals surface area contributed by atoms with Gasteiger partial charge in [0, 0.05) is 18.7 Å².